The third-order valence-electron chi connectivity index (χ3n) is 13.3. The van der Waals surface area contributed by atoms with E-state index in [9.17, 15) is 19.0 Å². The highest BCUT2D eigenvalue weighted by Crippen LogP contribution is 2.38. The average Bonchev–Trinajstić information content (AvgIpc) is 3.42. The van der Waals surface area contributed by atoms with Gasteiger partial charge < -0.3 is 28.5 Å². The van der Waals surface area contributed by atoms with Crippen molar-refractivity contribution < 1.29 is 37.3 Å². The summed E-state index contributed by atoms with van der Waals surface area (Å²) in [5.74, 6) is -0.594. The van der Waals surface area contributed by atoms with E-state index >= 15 is 0 Å². The van der Waals surface area contributed by atoms with Crippen LogP contribution < -0.4 is 10.2 Å². The number of hydrogen-bond donors (Lipinski definition) is 1. The molecule has 0 saturated heterocycles. The molecular weight excluding hydrogens is 1010 g/mol. The van der Waals surface area contributed by atoms with Crippen LogP contribution in [0.25, 0.3) is 0 Å². The maximum atomic E-state index is 13.6. The summed E-state index contributed by atoms with van der Waals surface area (Å²) in [4.78, 5) is 40.1. The molecule has 0 aromatic rings. The summed E-state index contributed by atoms with van der Waals surface area (Å²) in [5, 5.41) is 3.01. The Kier molecular flexibility index (Phi) is 55.5. The molecule has 0 aromatic heterocycles. The van der Waals surface area contributed by atoms with Crippen LogP contribution in [-0.2, 0) is 27.9 Å². The summed E-state index contributed by atoms with van der Waals surface area (Å²) < 4.78 is 30.3. The molecule has 0 heterocycles. The number of carbonyl (C=O) groups excluding carboxylic acids is 2. The molecule has 9 nitrogen and oxygen atoms in total. The van der Waals surface area contributed by atoms with E-state index in [1.165, 1.54) is 51.4 Å². The Morgan fingerprint density at radius 1 is 0.450 bits per heavy atom. The number of unbranched alkanes of at least 4 members (excludes halogenated alkanes) is 20. The quantitative estimate of drug-likeness (QED) is 0.0212. The summed E-state index contributed by atoms with van der Waals surface area (Å²) in [5.41, 5.74) is 0. The van der Waals surface area contributed by atoms with Gasteiger partial charge in [0, 0.05) is 12.8 Å². The zero-order valence-corrected chi connectivity index (χ0v) is 52.9. The monoisotopic (exact) mass is 1130 g/mol. The lowest BCUT2D eigenvalue weighted by molar-refractivity contribution is -0.870. The van der Waals surface area contributed by atoms with Gasteiger partial charge in [-0.25, -0.2) is 0 Å². The lowest BCUT2D eigenvalue weighted by Gasteiger charge is -2.30. The predicted octanol–water partition coefficient (Wildman–Crippen LogP) is 19.4. The second-order valence-corrected chi connectivity index (χ2v) is 23.6. The van der Waals surface area contributed by atoms with Gasteiger partial charge in [0.15, 0.2) is 0 Å². The molecule has 0 rings (SSSR count). The number of nitrogens with zero attached hydrogens (tertiary/aromatic N) is 1. The van der Waals surface area contributed by atoms with E-state index in [4.69, 9.17) is 13.8 Å². The summed E-state index contributed by atoms with van der Waals surface area (Å²) in [7, 11) is 1.14. The van der Waals surface area contributed by atoms with Crippen LogP contribution in [0.3, 0.4) is 0 Å². The van der Waals surface area contributed by atoms with E-state index in [1.54, 1.807) is 0 Å². The van der Waals surface area contributed by atoms with Crippen molar-refractivity contribution in [2.75, 3.05) is 40.9 Å². The largest absolute Gasteiger partial charge is 0.756 e. The van der Waals surface area contributed by atoms with Crippen LogP contribution >= 0.6 is 7.82 Å². The molecule has 0 saturated carbocycles. The molecule has 0 fully saturated rings. The first-order valence-electron chi connectivity index (χ1n) is 32.0. The van der Waals surface area contributed by atoms with Gasteiger partial charge in [0.05, 0.1) is 33.8 Å². The van der Waals surface area contributed by atoms with Crippen molar-refractivity contribution in [3.8, 4) is 0 Å². The van der Waals surface area contributed by atoms with Gasteiger partial charge in [0.1, 0.15) is 19.3 Å². The van der Waals surface area contributed by atoms with Gasteiger partial charge in [-0.2, -0.15) is 0 Å². The number of quaternary nitrogens is 1. The Morgan fingerprint density at radius 2 is 0.800 bits per heavy atom. The number of allylic oxidation sites excluding steroid dienone is 21. The van der Waals surface area contributed by atoms with E-state index in [1.807, 2.05) is 33.3 Å². The smallest absolute Gasteiger partial charge is 0.306 e. The summed E-state index contributed by atoms with van der Waals surface area (Å²) in [6.45, 7) is 6.57. The molecule has 0 bridgehead atoms. The maximum absolute atomic E-state index is 13.6. The van der Waals surface area contributed by atoms with E-state index < -0.39 is 26.6 Å². The Morgan fingerprint density at radius 3 is 1.20 bits per heavy atom. The fourth-order valence-corrected chi connectivity index (χ4v) is 9.18. The van der Waals surface area contributed by atoms with E-state index in [0.29, 0.717) is 23.9 Å². The average molecular weight is 1130 g/mol. The van der Waals surface area contributed by atoms with Gasteiger partial charge in [0.25, 0.3) is 7.82 Å². The van der Waals surface area contributed by atoms with Crippen LogP contribution in [0.4, 0.5) is 0 Å². The van der Waals surface area contributed by atoms with Crippen molar-refractivity contribution in [3.63, 3.8) is 0 Å². The van der Waals surface area contributed by atoms with Crippen molar-refractivity contribution in [1.29, 1.82) is 0 Å². The minimum atomic E-state index is -4.72. The SMILES string of the molecule is CC/C=C\C/C=C\C/C=C\C/C=C\C/C=C\CCCCCCCC(=O)NC(COP(=O)([O-])OCC[N+](C)(C)C)C(/C=C/CCCCCCCCCCCC)OC(=O)CCCCCCC/C=C\C/C=C\C/C=C\C/C=C\C/C=C\CC. The Hall–Kier alpha value is -3.85. The molecule has 3 unspecified atom stereocenters. The normalized spacial score (nSPS) is 14.5. The van der Waals surface area contributed by atoms with Gasteiger partial charge in [-0.15, -0.1) is 0 Å². The van der Waals surface area contributed by atoms with Crippen molar-refractivity contribution in [2.24, 2.45) is 0 Å². The molecule has 10 heteroatoms. The molecule has 80 heavy (non-hydrogen) atoms. The third-order valence-corrected chi connectivity index (χ3v) is 14.3. The standard InChI is InChI=1S/C70H119N2O7P/c1-7-10-13-16-19-22-25-28-30-32-34-36-38-40-42-44-47-50-53-56-59-62-69(73)71-67(66-78-80(75,76)77-65-64-72(4,5)6)68(61-58-55-52-49-46-27-24-21-18-15-12-9-3)79-70(74)63-60-57-54-51-48-45-43-41-39-37-35-33-31-29-26-23-20-17-14-11-8-2/h10-11,13-14,19-20,22-23,28-31,34-37,40-43,58,61,67-68H,7-9,12,15-18,21,24-27,32-33,38-39,44-57,59-60,62-66H2,1-6H3,(H-,71,73,75,76)/b13-10-,14-11-,22-19-,23-20-,30-28-,31-29-,36-34-,37-35-,42-40-,43-41-,61-58+. The van der Waals surface area contributed by atoms with Crippen LogP contribution in [0.15, 0.2) is 134 Å². The molecular formula is C70H119N2O7P. The number of phosphoric acid groups is 1. The number of likely N-dealkylation sites (N-methyl/N-ethyl adjacent to an activating group) is 1. The third kappa shape index (κ3) is 58.8. The van der Waals surface area contributed by atoms with Crippen LogP contribution in [0, 0.1) is 0 Å². The van der Waals surface area contributed by atoms with Crippen molar-refractivity contribution >= 4 is 19.7 Å². The number of ether oxygens (including phenoxy) is 1. The highest BCUT2D eigenvalue weighted by Gasteiger charge is 2.27. The number of hydrogen-bond acceptors (Lipinski definition) is 7. The summed E-state index contributed by atoms with van der Waals surface area (Å²) >= 11 is 0. The lowest BCUT2D eigenvalue weighted by atomic mass is 10.0. The maximum Gasteiger partial charge on any atom is 0.306 e. The number of amides is 1. The molecule has 456 valence electrons. The lowest BCUT2D eigenvalue weighted by Crippen LogP contribution is -2.47. The van der Waals surface area contributed by atoms with E-state index in [2.05, 4.69) is 148 Å². The molecule has 0 aliphatic rings. The number of nitrogens with one attached hydrogen (secondary N) is 1. The zero-order chi connectivity index (χ0) is 58.6. The van der Waals surface area contributed by atoms with Crippen molar-refractivity contribution in [3.05, 3.63) is 134 Å². The van der Waals surface area contributed by atoms with Gasteiger partial charge in [-0.3, -0.25) is 14.2 Å². The van der Waals surface area contributed by atoms with Gasteiger partial charge in [-0.1, -0.05) is 245 Å². The Bertz CT molecular complexity index is 1830. The second-order valence-electron chi connectivity index (χ2n) is 22.1. The fourth-order valence-electron chi connectivity index (χ4n) is 8.46. The molecule has 0 aromatic carbocycles. The number of rotatable bonds is 56. The highest BCUT2D eigenvalue weighted by molar-refractivity contribution is 7.45. The molecule has 3 atom stereocenters. The zero-order valence-electron chi connectivity index (χ0n) is 52.0. The van der Waals surface area contributed by atoms with Crippen LogP contribution in [0.1, 0.15) is 245 Å². The van der Waals surface area contributed by atoms with Crippen LogP contribution in [-0.4, -0.2) is 69.4 Å². The first-order valence-corrected chi connectivity index (χ1v) is 33.5. The number of carbonyl (C=O) groups is 2. The molecule has 0 aliphatic carbocycles. The molecule has 0 radical (unpaired) electrons. The van der Waals surface area contributed by atoms with Crippen molar-refractivity contribution in [2.45, 2.75) is 258 Å². The minimum Gasteiger partial charge on any atom is -0.756 e. The topological polar surface area (TPSA) is 114 Å². The van der Waals surface area contributed by atoms with Gasteiger partial charge >= 0.3 is 5.97 Å². The van der Waals surface area contributed by atoms with Gasteiger partial charge in [-0.05, 0) is 122 Å². The van der Waals surface area contributed by atoms with E-state index in [-0.39, 0.29) is 31.3 Å². The highest BCUT2D eigenvalue weighted by atomic mass is 31.2. The first kappa shape index (κ1) is 76.1. The van der Waals surface area contributed by atoms with E-state index in [0.717, 1.165) is 148 Å². The second kappa shape index (κ2) is 58.4. The summed E-state index contributed by atoms with van der Waals surface area (Å²) in [6.07, 6.45) is 82.7. The fraction of sp³-hybridized carbons (Fsp3) is 0.657. The molecule has 1 amide bonds. The molecule has 1 N–H and O–H groups in total. The summed E-state index contributed by atoms with van der Waals surface area (Å²) in [6, 6.07) is -0.917. The number of esters is 1. The number of phosphoric ester groups is 1. The van der Waals surface area contributed by atoms with Gasteiger partial charge in [0.2, 0.25) is 5.91 Å². The first-order chi connectivity index (χ1) is 38.9. The predicted molar refractivity (Wildman–Crippen MR) is 343 cm³/mol. The van der Waals surface area contributed by atoms with Crippen LogP contribution in [0.2, 0.25) is 0 Å². The molecule has 0 aliphatic heterocycles. The van der Waals surface area contributed by atoms with Crippen molar-refractivity contribution in [1.82, 2.24) is 5.32 Å². The van der Waals surface area contributed by atoms with Crippen LogP contribution in [0.5, 0.6) is 0 Å². The molecule has 0 spiro atoms. The Balaban J connectivity index is 5.31. The Labute approximate surface area is 492 Å². The minimum absolute atomic E-state index is 0.0375.